The number of nitrogens with one attached hydrogen (secondary N) is 1. The minimum atomic E-state index is -4.88. The van der Waals surface area contributed by atoms with E-state index < -0.39 is 52.0 Å². The van der Waals surface area contributed by atoms with Gasteiger partial charge in [0, 0.05) is 12.6 Å². The Balaban J connectivity index is 1.93. The molecule has 0 aliphatic heterocycles. The van der Waals surface area contributed by atoms with Crippen molar-refractivity contribution in [1.29, 1.82) is 0 Å². The third kappa shape index (κ3) is 4.21. The number of nitrogens with zero attached hydrogens (tertiary/aromatic N) is 2. The second-order valence-electron chi connectivity index (χ2n) is 6.69. The molecule has 3 rings (SSSR count). The molecule has 0 amide bonds. The minimum absolute atomic E-state index is 0.0364. The number of rotatable bonds is 6. The van der Waals surface area contributed by atoms with E-state index in [0.29, 0.717) is 19.0 Å². The van der Waals surface area contributed by atoms with Gasteiger partial charge < -0.3 is 14.6 Å². The Morgan fingerprint density at radius 2 is 1.93 bits per heavy atom. The normalized spacial score (nSPS) is 14.2. The standard InChI is InChI=1S/C19H17F4N3O3/c1-26(2)8-4-7-24-12-9-13(27)17-15(16(12)28)25-18(29-17)14-10(19(21,22)23)5-3-6-11(14)20/h3,5-6,9,24H,4,7-8H2,1-2H3. The van der Waals surface area contributed by atoms with Crippen molar-refractivity contribution in [1.82, 2.24) is 15.2 Å². The highest BCUT2D eigenvalue weighted by Crippen LogP contribution is 2.39. The third-order valence-electron chi connectivity index (χ3n) is 4.22. The summed E-state index contributed by atoms with van der Waals surface area (Å²) in [7, 11) is 3.77. The number of halogens is 4. The summed E-state index contributed by atoms with van der Waals surface area (Å²) in [5.74, 6) is -3.96. The Hall–Kier alpha value is -3.01. The van der Waals surface area contributed by atoms with Gasteiger partial charge in [-0.05, 0) is 39.2 Å². The van der Waals surface area contributed by atoms with Gasteiger partial charge >= 0.3 is 6.18 Å². The molecule has 1 N–H and O–H groups in total. The number of oxazole rings is 1. The number of ketones is 2. The SMILES string of the molecule is CN(C)CCCNC1=CC(=O)c2oc(-c3c(F)cccc3C(F)(F)F)nc2C1=O. The first-order chi connectivity index (χ1) is 13.6. The summed E-state index contributed by atoms with van der Waals surface area (Å²) in [5.41, 5.74) is -2.74. The number of fused-ring (bicyclic) bond motifs is 1. The third-order valence-corrected chi connectivity index (χ3v) is 4.22. The maximum Gasteiger partial charge on any atom is 0.417 e. The molecule has 1 heterocycles. The predicted molar refractivity (Wildman–Crippen MR) is 94.8 cm³/mol. The first kappa shape index (κ1) is 20.7. The molecule has 1 aliphatic carbocycles. The van der Waals surface area contributed by atoms with E-state index in [-0.39, 0.29) is 5.70 Å². The van der Waals surface area contributed by atoms with Crippen molar-refractivity contribution in [2.45, 2.75) is 12.6 Å². The highest BCUT2D eigenvalue weighted by Gasteiger charge is 2.38. The molecule has 154 valence electrons. The van der Waals surface area contributed by atoms with E-state index in [9.17, 15) is 27.2 Å². The van der Waals surface area contributed by atoms with Crippen LogP contribution in [0.3, 0.4) is 0 Å². The van der Waals surface area contributed by atoms with Crippen LogP contribution in [0.25, 0.3) is 11.5 Å². The highest BCUT2D eigenvalue weighted by atomic mass is 19.4. The van der Waals surface area contributed by atoms with Crippen LogP contribution in [0.15, 0.2) is 34.4 Å². The summed E-state index contributed by atoms with van der Waals surface area (Å²) in [6.45, 7) is 1.14. The van der Waals surface area contributed by atoms with Gasteiger partial charge in [-0.15, -0.1) is 0 Å². The molecule has 0 unspecified atom stereocenters. The Kier molecular flexibility index (Phi) is 5.56. The van der Waals surface area contributed by atoms with Gasteiger partial charge in [0.2, 0.25) is 23.2 Å². The Bertz CT molecular complexity index is 993. The number of carbonyl (C=O) groups is 2. The number of Topliss-reactive ketones (excluding diaryl/α,β-unsaturated/α-hetero) is 1. The number of aromatic nitrogens is 1. The largest absolute Gasteiger partial charge is 0.432 e. The fourth-order valence-electron chi connectivity index (χ4n) is 2.87. The number of alkyl halides is 3. The number of carbonyl (C=O) groups excluding carboxylic acids is 2. The number of hydrogen-bond acceptors (Lipinski definition) is 6. The van der Waals surface area contributed by atoms with E-state index in [1.165, 1.54) is 0 Å². The summed E-state index contributed by atoms with van der Waals surface area (Å²) in [5, 5.41) is 2.82. The van der Waals surface area contributed by atoms with Crippen molar-refractivity contribution in [3.05, 3.63) is 52.8 Å². The lowest BCUT2D eigenvalue weighted by Crippen LogP contribution is -2.28. The lowest BCUT2D eigenvalue weighted by Gasteiger charge is -2.13. The molecule has 0 saturated heterocycles. The van der Waals surface area contributed by atoms with E-state index >= 15 is 0 Å². The van der Waals surface area contributed by atoms with Crippen LogP contribution in [-0.2, 0) is 6.18 Å². The quantitative estimate of drug-likeness (QED) is 0.581. The smallest absolute Gasteiger partial charge is 0.417 e. The van der Waals surface area contributed by atoms with Gasteiger partial charge in [-0.1, -0.05) is 6.07 Å². The second kappa shape index (κ2) is 7.78. The summed E-state index contributed by atoms with van der Waals surface area (Å²) in [6.07, 6.45) is -3.19. The van der Waals surface area contributed by atoms with Crippen LogP contribution in [0.1, 0.15) is 33.0 Å². The van der Waals surface area contributed by atoms with Crippen molar-refractivity contribution in [2.75, 3.05) is 27.2 Å². The molecule has 2 aromatic rings. The van der Waals surface area contributed by atoms with Crippen molar-refractivity contribution in [3.8, 4) is 11.5 Å². The Morgan fingerprint density at radius 3 is 2.59 bits per heavy atom. The fraction of sp³-hybridized carbons (Fsp3) is 0.316. The van der Waals surface area contributed by atoms with Gasteiger partial charge in [-0.3, -0.25) is 9.59 Å². The molecule has 1 aromatic heterocycles. The van der Waals surface area contributed by atoms with Crippen LogP contribution in [0.5, 0.6) is 0 Å². The summed E-state index contributed by atoms with van der Waals surface area (Å²) < 4.78 is 59.0. The van der Waals surface area contributed by atoms with Gasteiger partial charge in [0.25, 0.3) is 0 Å². The molecule has 1 aromatic carbocycles. The lowest BCUT2D eigenvalue weighted by atomic mass is 10.0. The van der Waals surface area contributed by atoms with Crippen LogP contribution < -0.4 is 5.32 Å². The molecule has 1 aliphatic rings. The monoisotopic (exact) mass is 411 g/mol. The summed E-state index contributed by atoms with van der Waals surface area (Å²) in [6, 6.07) is 2.38. The molecular formula is C19H17F4N3O3. The van der Waals surface area contributed by atoms with E-state index in [1.807, 2.05) is 19.0 Å². The zero-order chi connectivity index (χ0) is 21.3. The van der Waals surface area contributed by atoms with Gasteiger partial charge in [-0.2, -0.15) is 13.2 Å². The molecule has 0 atom stereocenters. The number of benzene rings is 1. The Morgan fingerprint density at radius 1 is 1.21 bits per heavy atom. The molecule has 0 radical (unpaired) electrons. The fourth-order valence-corrected chi connectivity index (χ4v) is 2.87. The molecular weight excluding hydrogens is 394 g/mol. The molecule has 0 spiro atoms. The lowest BCUT2D eigenvalue weighted by molar-refractivity contribution is -0.137. The van der Waals surface area contributed by atoms with E-state index in [4.69, 9.17) is 4.42 Å². The Labute approximate surface area is 163 Å². The molecule has 0 bridgehead atoms. The maximum atomic E-state index is 14.2. The van der Waals surface area contributed by atoms with Crippen molar-refractivity contribution >= 4 is 11.6 Å². The van der Waals surface area contributed by atoms with Gasteiger partial charge in [0.05, 0.1) is 16.8 Å². The molecule has 10 heteroatoms. The van der Waals surface area contributed by atoms with Crippen LogP contribution in [0.2, 0.25) is 0 Å². The van der Waals surface area contributed by atoms with Crippen molar-refractivity contribution in [2.24, 2.45) is 0 Å². The second-order valence-corrected chi connectivity index (χ2v) is 6.69. The number of allylic oxidation sites excluding steroid dienone is 2. The first-order valence-electron chi connectivity index (χ1n) is 8.66. The van der Waals surface area contributed by atoms with Crippen LogP contribution >= 0.6 is 0 Å². The minimum Gasteiger partial charge on any atom is -0.432 e. The maximum absolute atomic E-state index is 14.2. The zero-order valence-corrected chi connectivity index (χ0v) is 15.6. The average Bonchev–Trinajstić information content (AvgIpc) is 3.07. The van der Waals surface area contributed by atoms with Crippen molar-refractivity contribution in [3.63, 3.8) is 0 Å². The van der Waals surface area contributed by atoms with Gasteiger partial charge in [0.1, 0.15) is 5.82 Å². The van der Waals surface area contributed by atoms with Crippen LogP contribution in [0.4, 0.5) is 17.6 Å². The average molecular weight is 411 g/mol. The molecule has 29 heavy (non-hydrogen) atoms. The van der Waals surface area contributed by atoms with Crippen molar-refractivity contribution < 1.29 is 31.6 Å². The van der Waals surface area contributed by atoms with E-state index in [1.54, 1.807) is 0 Å². The van der Waals surface area contributed by atoms with Gasteiger partial charge in [0.15, 0.2) is 5.69 Å². The first-order valence-corrected chi connectivity index (χ1v) is 8.66. The summed E-state index contributed by atoms with van der Waals surface area (Å²) >= 11 is 0. The van der Waals surface area contributed by atoms with E-state index in [2.05, 4.69) is 10.3 Å². The van der Waals surface area contributed by atoms with Crippen LogP contribution in [0, 0.1) is 5.82 Å². The topological polar surface area (TPSA) is 75.4 Å². The van der Waals surface area contributed by atoms with Gasteiger partial charge in [-0.25, -0.2) is 9.37 Å². The number of hydrogen-bond donors (Lipinski definition) is 1. The highest BCUT2D eigenvalue weighted by molar-refractivity contribution is 6.22. The molecule has 6 nitrogen and oxygen atoms in total. The zero-order valence-electron chi connectivity index (χ0n) is 15.6. The molecule has 0 fully saturated rings. The van der Waals surface area contributed by atoms with E-state index in [0.717, 1.165) is 24.8 Å². The molecule has 0 saturated carbocycles. The summed E-state index contributed by atoms with van der Waals surface area (Å²) in [4.78, 5) is 30.5. The predicted octanol–water partition coefficient (Wildman–Crippen LogP) is 3.30. The van der Waals surface area contributed by atoms with Crippen LogP contribution in [-0.4, -0.2) is 48.6 Å².